The first-order chi connectivity index (χ1) is 11.6. The molecule has 24 heavy (non-hydrogen) atoms. The summed E-state index contributed by atoms with van der Waals surface area (Å²) < 4.78 is 5.57. The summed E-state index contributed by atoms with van der Waals surface area (Å²) in [7, 11) is 0. The smallest absolute Gasteiger partial charge is 0.253 e. The average Bonchev–Trinajstić information content (AvgIpc) is 2.62. The van der Waals surface area contributed by atoms with Gasteiger partial charge in [0, 0.05) is 23.2 Å². The second-order valence-corrected chi connectivity index (χ2v) is 6.93. The molecule has 2 amide bonds. The van der Waals surface area contributed by atoms with E-state index in [1.54, 1.807) is 17.0 Å². The highest BCUT2D eigenvalue weighted by molar-refractivity contribution is 6.30. The molecule has 0 aromatic heterocycles. The standard InChI is InChI=1S/C18H23ClN2O3/c19-14-6-8-15(9-7-14)21-11-16(24-12-17(21)22)10-20-18(23)13-4-2-1-3-5-13/h6-9,13,16H,1-5,10-12H2,(H,20,23). The normalized spacial score (nSPS) is 22.5. The molecule has 3 rings (SSSR count). The Hall–Kier alpha value is -1.59. The molecule has 1 N–H and O–H groups in total. The summed E-state index contributed by atoms with van der Waals surface area (Å²) in [5.74, 6) is 0.178. The Kier molecular flexibility index (Phi) is 5.74. The number of hydrogen-bond acceptors (Lipinski definition) is 3. The van der Waals surface area contributed by atoms with Crippen molar-refractivity contribution < 1.29 is 14.3 Å². The van der Waals surface area contributed by atoms with Crippen LogP contribution < -0.4 is 10.2 Å². The third-order valence-corrected chi connectivity index (χ3v) is 5.00. The van der Waals surface area contributed by atoms with Crippen molar-refractivity contribution in [3.8, 4) is 0 Å². The monoisotopic (exact) mass is 350 g/mol. The fraction of sp³-hybridized carbons (Fsp3) is 0.556. The quantitative estimate of drug-likeness (QED) is 0.908. The van der Waals surface area contributed by atoms with E-state index in [2.05, 4.69) is 5.32 Å². The molecule has 1 unspecified atom stereocenters. The van der Waals surface area contributed by atoms with Crippen LogP contribution in [-0.4, -0.2) is 37.6 Å². The van der Waals surface area contributed by atoms with Crippen LogP contribution in [0.2, 0.25) is 5.02 Å². The average molecular weight is 351 g/mol. The lowest BCUT2D eigenvalue weighted by molar-refractivity contribution is -0.130. The van der Waals surface area contributed by atoms with Crippen LogP contribution in [0, 0.1) is 5.92 Å². The molecule has 0 spiro atoms. The fourth-order valence-electron chi connectivity index (χ4n) is 3.34. The van der Waals surface area contributed by atoms with Crippen LogP contribution in [0.15, 0.2) is 24.3 Å². The number of amides is 2. The number of anilines is 1. The SMILES string of the molecule is O=C(NCC1CN(c2ccc(Cl)cc2)C(=O)CO1)C1CCCCC1. The maximum Gasteiger partial charge on any atom is 0.253 e. The summed E-state index contributed by atoms with van der Waals surface area (Å²) in [6.45, 7) is 0.907. The molecule has 5 nitrogen and oxygen atoms in total. The predicted octanol–water partition coefficient (Wildman–Crippen LogP) is 2.77. The summed E-state index contributed by atoms with van der Waals surface area (Å²) in [4.78, 5) is 26.0. The minimum atomic E-state index is -0.189. The lowest BCUT2D eigenvalue weighted by Gasteiger charge is -2.33. The van der Waals surface area contributed by atoms with Gasteiger partial charge >= 0.3 is 0 Å². The van der Waals surface area contributed by atoms with Gasteiger partial charge in [-0.1, -0.05) is 30.9 Å². The van der Waals surface area contributed by atoms with Gasteiger partial charge in [0.1, 0.15) is 6.61 Å². The van der Waals surface area contributed by atoms with Gasteiger partial charge in [-0.2, -0.15) is 0 Å². The summed E-state index contributed by atoms with van der Waals surface area (Å²) >= 11 is 5.90. The lowest BCUT2D eigenvalue weighted by atomic mass is 9.88. The molecule has 2 fully saturated rings. The zero-order chi connectivity index (χ0) is 16.9. The molecule has 6 heteroatoms. The van der Waals surface area contributed by atoms with Crippen LogP contribution in [0.3, 0.4) is 0 Å². The number of carbonyl (C=O) groups is 2. The van der Waals surface area contributed by atoms with Crippen molar-refractivity contribution in [2.24, 2.45) is 5.92 Å². The Morgan fingerprint density at radius 3 is 2.62 bits per heavy atom. The number of halogens is 1. The van der Waals surface area contributed by atoms with Crippen LogP contribution in [0.25, 0.3) is 0 Å². The van der Waals surface area contributed by atoms with Crippen LogP contribution in [-0.2, 0) is 14.3 Å². The van der Waals surface area contributed by atoms with E-state index >= 15 is 0 Å². The van der Waals surface area contributed by atoms with Gasteiger partial charge in [-0.3, -0.25) is 9.59 Å². The Morgan fingerprint density at radius 2 is 1.92 bits per heavy atom. The first-order valence-electron chi connectivity index (χ1n) is 8.59. The largest absolute Gasteiger partial charge is 0.365 e. The van der Waals surface area contributed by atoms with Gasteiger partial charge in [0.15, 0.2) is 0 Å². The van der Waals surface area contributed by atoms with Gasteiger partial charge in [0.2, 0.25) is 5.91 Å². The first-order valence-corrected chi connectivity index (χ1v) is 8.96. The Morgan fingerprint density at radius 1 is 1.21 bits per heavy atom. The number of benzene rings is 1. The van der Waals surface area contributed by atoms with E-state index in [9.17, 15) is 9.59 Å². The van der Waals surface area contributed by atoms with Gasteiger partial charge in [0.05, 0.1) is 12.6 Å². The molecule has 1 saturated heterocycles. The summed E-state index contributed by atoms with van der Waals surface area (Å²) in [6.07, 6.45) is 5.27. The minimum absolute atomic E-state index is 0.0343. The van der Waals surface area contributed by atoms with Gasteiger partial charge in [-0.05, 0) is 37.1 Å². The highest BCUT2D eigenvalue weighted by Gasteiger charge is 2.28. The van der Waals surface area contributed by atoms with Crippen molar-refractivity contribution in [1.29, 1.82) is 0 Å². The molecule has 1 aliphatic carbocycles. The van der Waals surface area contributed by atoms with Crippen LogP contribution >= 0.6 is 11.6 Å². The molecular formula is C18H23ClN2O3. The van der Waals surface area contributed by atoms with Crippen molar-refractivity contribution in [2.45, 2.75) is 38.2 Å². The van der Waals surface area contributed by atoms with Gasteiger partial charge in [-0.15, -0.1) is 0 Å². The van der Waals surface area contributed by atoms with Gasteiger partial charge < -0.3 is 15.0 Å². The van der Waals surface area contributed by atoms with E-state index in [0.29, 0.717) is 18.1 Å². The zero-order valence-electron chi connectivity index (χ0n) is 13.7. The van der Waals surface area contributed by atoms with Crippen molar-refractivity contribution in [3.05, 3.63) is 29.3 Å². The summed E-state index contributed by atoms with van der Waals surface area (Å²) in [6, 6.07) is 7.17. The van der Waals surface area contributed by atoms with E-state index in [1.807, 2.05) is 12.1 Å². The number of nitrogens with zero attached hydrogens (tertiary/aromatic N) is 1. The van der Waals surface area contributed by atoms with Gasteiger partial charge in [0.25, 0.3) is 5.91 Å². The number of hydrogen-bond donors (Lipinski definition) is 1. The maximum atomic E-state index is 12.2. The van der Waals surface area contributed by atoms with E-state index in [-0.39, 0.29) is 30.4 Å². The van der Waals surface area contributed by atoms with Crippen molar-refractivity contribution in [3.63, 3.8) is 0 Å². The molecule has 1 aromatic carbocycles. The number of morpholine rings is 1. The predicted molar refractivity (Wildman–Crippen MR) is 93.1 cm³/mol. The van der Waals surface area contributed by atoms with Crippen molar-refractivity contribution in [1.82, 2.24) is 5.32 Å². The van der Waals surface area contributed by atoms with Crippen LogP contribution in [0.5, 0.6) is 0 Å². The molecule has 130 valence electrons. The highest BCUT2D eigenvalue weighted by atomic mass is 35.5. The third-order valence-electron chi connectivity index (χ3n) is 4.75. The first kappa shape index (κ1) is 17.2. The Bertz CT molecular complexity index is 584. The van der Waals surface area contributed by atoms with Crippen LogP contribution in [0.1, 0.15) is 32.1 Å². The van der Waals surface area contributed by atoms with Gasteiger partial charge in [-0.25, -0.2) is 0 Å². The van der Waals surface area contributed by atoms with Crippen molar-refractivity contribution >= 4 is 29.1 Å². The maximum absolute atomic E-state index is 12.2. The summed E-state index contributed by atoms with van der Waals surface area (Å²) in [5, 5.41) is 3.63. The number of carbonyl (C=O) groups excluding carboxylic acids is 2. The van der Waals surface area contributed by atoms with E-state index in [4.69, 9.17) is 16.3 Å². The van der Waals surface area contributed by atoms with Crippen LogP contribution in [0.4, 0.5) is 5.69 Å². The molecule has 1 aliphatic heterocycles. The second kappa shape index (κ2) is 7.99. The van der Waals surface area contributed by atoms with E-state index in [1.165, 1.54) is 6.42 Å². The second-order valence-electron chi connectivity index (χ2n) is 6.49. The van der Waals surface area contributed by atoms with Crippen molar-refractivity contribution in [2.75, 3.05) is 24.6 Å². The Labute approximate surface area is 147 Å². The molecule has 0 radical (unpaired) electrons. The molecule has 1 atom stereocenters. The minimum Gasteiger partial charge on any atom is -0.365 e. The molecule has 2 aliphatic rings. The number of rotatable bonds is 4. The molecule has 1 heterocycles. The topological polar surface area (TPSA) is 58.6 Å². The zero-order valence-corrected chi connectivity index (χ0v) is 14.4. The number of nitrogens with one attached hydrogen (secondary N) is 1. The molecule has 0 bridgehead atoms. The fourth-order valence-corrected chi connectivity index (χ4v) is 3.47. The Balaban J connectivity index is 1.54. The highest BCUT2D eigenvalue weighted by Crippen LogP contribution is 2.24. The van der Waals surface area contributed by atoms with E-state index in [0.717, 1.165) is 31.4 Å². The molecular weight excluding hydrogens is 328 g/mol. The molecule has 1 aromatic rings. The third kappa shape index (κ3) is 4.28. The lowest BCUT2D eigenvalue weighted by Crippen LogP contribution is -2.51. The molecule has 1 saturated carbocycles. The number of ether oxygens (including phenoxy) is 1. The van der Waals surface area contributed by atoms with E-state index < -0.39 is 0 Å². The summed E-state index contributed by atoms with van der Waals surface area (Å²) in [5.41, 5.74) is 0.802.